The number of rotatable bonds is 9. The summed E-state index contributed by atoms with van der Waals surface area (Å²) in [7, 11) is 0. The highest BCUT2D eigenvalue weighted by Gasteiger charge is 2.14. The number of fused-ring (bicyclic) bond motifs is 1. The Morgan fingerprint density at radius 1 is 1.26 bits per heavy atom. The maximum Gasteiger partial charge on any atom is 0.262 e. The minimum atomic E-state index is -0.482. The number of halogens is 1. The fourth-order valence-corrected chi connectivity index (χ4v) is 3.86. The number of hydrogen-bond acceptors (Lipinski definition) is 5. The summed E-state index contributed by atoms with van der Waals surface area (Å²) in [5, 5.41) is 3.56. The molecule has 0 spiro atoms. The summed E-state index contributed by atoms with van der Waals surface area (Å²) < 4.78 is 21.2. The number of carbonyl (C=O) groups excluding carboxylic acids is 1. The lowest BCUT2D eigenvalue weighted by Gasteiger charge is -2.14. The number of carbonyl (C=O) groups is 1. The van der Waals surface area contributed by atoms with Crippen LogP contribution in [0.3, 0.4) is 0 Å². The average molecular weight is 444 g/mol. The summed E-state index contributed by atoms with van der Waals surface area (Å²) in [5.74, 6) is -0.852. The maximum atomic E-state index is 14.0. The molecule has 0 radical (unpaired) electrons. The van der Waals surface area contributed by atoms with E-state index in [9.17, 15) is 14.0 Å². The van der Waals surface area contributed by atoms with Crippen LogP contribution >= 0.6 is 11.8 Å². The van der Waals surface area contributed by atoms with Crippen LogP contribution < -0.4 is 10.9 Å². The molecule has 31 heavy (non-hydrogen) atoms. The van der Waals surface area contributed by atoms with E-state index in [2.05, 4.69) is 10.3 Å². The third kappa shape index (κ3) is 6.15. The molecule has 1 N–H and O–H groups in total. The molecule has 0 bridgehead atoms. The molecule has 3 aromatic rings. The number of aryl methyl sites for hydroxylation is 1. The zero-order valence-corrected chi connectivity index (χ0v) is 18.7. The van der Waals surface area contributed by atoms with Crippen molar-refractivity contribution >= 4 is 34.3 Å². The summed E-state index contributed by atoms with van der Waals surface area (Å²) in [6.45, 7) is 6.65. The van der Waals surface area contributed by atoms with Gasteiger partial charge in [-0.2, -0.15) is 0 Å². The van der Waals surface area contributed by atoms with E-state index in [1.54, 1.807) is 35.8 Å². The average Bonchev–Trinajstić information content (AvgIpc) is 2.73. The smallest absolute Gasteiger partial charge is 0.262 e. The van der Waals surface area contributed by atoms with E-state index in [0.717, 1.165) is 17.3 Å². The topological polar surface area (TPSA) is 73.2 Å². The molecule has 3 rings (SSSR count). The molecule has 1 amide bonds. The Balaban J connectivity index is 1.76. The first-order valence-electron chi connectivity index (χ1n) is 10.1. The molecule has 0 saturated carbocycles. The van der Waals surface area contributed by atoms with E-state index in [0.29, 0.717) is 35.6 Å². The van der Waals surface area contributed by atoms with Crippen LogP contribution in [0.2, 0.25) is 0 Å². The summed E-state index contributed by atoms with van der Waals surface area (Å²) in [4.78, 5) is 30.0. The van der Waals surface area contributed by atoms with E-state index >= 15 is 0 Å². The lowest BCUT2D eigenvalue weighted by Crippen LogP contribution is -2.25. The molecule has 0 atom stereocenters. The molecule has 0 aliphatic rings. The van der Waals surface area contributed by atoms with Crippen molar-refractivity contribution in [1.29, 1.82) is 0 Å². The Morgan fingerprint density at radius 2 is 2.03 bits per heavy atom. The normalized spacial score (nSPS) is 11.3. The van der Waals surface area contributed by atoms with Crippen molar-refractivity contribution in [3.63, 3.8) is 0 Å². The van der Waals surface area contributed by atoms with E-state index in [1.807, 2.05) is 19.9 Å². The van der Waals surface area contributed by atoms with E-state index in [1.165, 1.54) is 12.1 Å². The largest absolute Gasteiger partial charge is 0.379 e. The molecule has 8 heteroatoms. The molecule has 1 heterocycles. The molecular formula is C23H26FN3O3S. The Labute approximate surface area is 184 Å². The Morgan fingerprint density at radius 3 is 2.77 bits per heavy atom. The fourth-order valence-electron chi connectivity index (χ4n) is 3.03. The van der Waals surface area contributed by atoms with Crippen LogP contribution in [-0.2, 0) is 16.1 Å². The maximum absolute atomic E-state index is 14.0. The first kappa shape index (κ1) is 23.0. The number of hydrogen-bond donors (Lipinski definition) is 1. The number of ether oxygens (including phenoxy) is 1. The van der Waals surface area contributed by atoms with Crippen molar-refractivity contribution in [3.05, 3.63) is 64.2 Å². The quantitative estimate of drug-likeness (QED) is 0.302. The van der Waals surface area contributed by atoms with Gasteiger partial charge in [0.05, 0.1) is 28.4 Å². The van der Waals surface area contributed by atoms with Gasteiger partial charge in [0.15, 0.2) is 5.16 Å². The van der Waals surface area contributed by atoms with Crippen LogP contribution in [0.5, 0.6) is 0 Å². The molecule has 1 aromatic heterocycles. The first-order chi connectivity index (χ1) is 14.8. The van der Waals surface area contributed by atoms with Crippen LogP contribution in [0.1, 0.15) is 25.8 Å². The first-order valence-corrected chi connectivity index (χ1v) is 11.1. The molecule has 164 valence electrons. The van der Waals surface area contributed by atoms with Gasteiger partial charge in [-0.1, -0.05) is 30.0 Å². The van der Waals surface area contributed by atoms with E-state index in [4.69, 9.17) is 4.74 Å². The molecule has 0 fully saturated rings. The summed E-state index contributed by atoms with van der Waals surface area (Å²) >= 11 is 1.15. The van der Waals surface area contributed by atoms with Gasteiger partial charge in [-0.15, -0.1) is 0 Å². The number of nitrogens with one attached hydrogen (secondary N) is 1. The lowest BCUT2D eigenvalue weighted by atomic mass is 10.2. The predicted molar refractivity (Wildman–Crippen MR) is 122 cm³/mol. The lowest BCUT2D eigenvalue weighted by molar-refractivity contribution is -0.113. The van der Waals surface area contributed by atoms with Crippen LogP contribution in [0.4, 0.5) is 10.1 Å². The Hall–Kier alpha value is -2.71. The number of anilines is 1. The van der Waals surface area contributed by atoms with Gasteiger partial charge in [0.2, 0.25) is 5.91 Å². The number of amides is 1. The van der Waals surface area contributed by atoms with Gasteiger partial charge in [-0.05, 0) is 57.0 Å². The standard InChI is InChI=1S/C23H26FN3O3S/c1-15(2)30-12-6-11-27-22(29)17-7-4-5-8-19(17)26-23(27)31-14-21(28)25-20-10-9-16(3)13-18(20)24/h4-5,7-10,13,15H,6,11-12,14H2,1-3H3,(H,25,28). The molecule has 0 unspecified atom stereocenters. The summed E-state index contributed by atoms with van der Waals surface area (Å²) in [5.41, 5.74) is 1.33. The van der Waals surface area contributed by atoms with Crippen LogP contribution in [0.15, 0.2) is 52.4 Å². The van der Waals surface area contributed by atoms with Gasteiger partial charge in [0.25, 0.3) is 5.56 Å². The van der Waals surface area contributed by atoms with Crippen molar-refractivity contribution in [2.45, 2.75) is 45.0 Å². The molecule has 0 aliphatic carbocycles. The van der Waals surface area contributed by atoms with Crippen molar-refractivity contribution in [2.75, 3.05) is 17.7 Å². The summed E-state index contributed by atoms with van der Waals surface area (Å²) in [6, 6.07) is 11.8. The minimum Gasteiger partial charge on any atom is -0.379 e. The monoisotopic (exact) mass is 443 g/mol. The third-order valence-corrected chi connectivity index (χ3v) is 5.51. The highest BCUT2D eigenvalue weighted by Crippen LogP contribution is 2.20. The van der Waals surface area contributed by atoms with Gasteiger partial charge in [0.1, 0.15) is 5.82 Å². The van der Waals surface area contributed by atoms with Gasteiger partial charge < -0.3 is 10.1 Å². The number of aromatic nitrogens is 2. The number of para-hydroxylation sites is 1. The van der Waals surface area contributed by atoms with Crippen molar-refractivity contribution in [2.24, 2.45) is 0 Å². The molecule has 0 saturated heterocycles. The Bertz CT molecular complexity index is 1130. The van der Waals surface area contributed by atoms with Gasteiger partial charge in [0, 0.05) is 13.2 Å². The number of benzene rings is 2. The molecule has 2 aromatic carbocycles. The highest BCUT2D eigenvalue weighted by molar-refractivity contribution is 7.99. The van der Waals surface area contributed by atoms with Gasteiger partial charge >= 0.3 is 0 Å². The van der Waals surface area contributed by atoms with Crippen molar-refractivity contribution in [3.8, 4) is 0 Å². The van der Waals surface area contributed by atoms with Gasteiger partial charge in [-0.3, -0.25) is 14.2 Å². The van der Waals surface area contributed by atoms with Crippen LogP contribution in [0.25, 0.3) is 10.9 Å². The van der Waals surface area contributed by atoms with Crippen molar-refractivity contribution < 1.29 is 13.9 Å². The zero-order chi connectivity index (χ0) is 22.4. The van der Waals surface area contributed by atoms with Gasteiger partial charge in [-0.25, -0.2) is 9.37 Å². The number of thioether (sulfide) groups is 1. The second kappa shape index (κ2) is 10.5. The molecule has 0 aliphatic heterocycles. The van der Waals surface area contributed by atoms with Crippen molar-refractivity contribution in [1.82, 2.24) is 9.55 Å². The molecular weight excluding hydrogens is 417 g/mol. The second-order valence-electron chi connectivity index (χ2n) is 7.46. The predicted octanol–water partition coefficient (Wildman–Crippen LogP) is 4.39. The minimum absolute atomic E-state index is 0.000586. The number of nitrogens with zero attached hydrogens (tertiary/aromatic N) is 2. The zero-order valence-electron chi connectivity index (χ0n) is 17.9. The summed E-state index contributed by atoms with van der Waals surface area (Å²) in [6.07, 6.45) is 0.762. The SMILES string of the molecule is Cc1ccc(NC(=O)CSc2nc3ccccc3c(=O)n2CCCOC(C)C)c(F)c1. The van der Waals surface area contributed by atoms with Crippen LogP contribution in [0, 0.1) is 12.7 Å². The van der Waals surface area contributed by atoms with E-state index < -0.39 is 5.82 Å². The van der Waals surface area contributed by atoms with Crippen LogP contribution in [-0.4, -0.2) is 33.9 Å². The third-order valence-electron chi connectivity index (χ3n) is 4.53. The fraction of sp³-hybridized carbons (Fsp3) is 0.348. The Kier molecular flexibility index (Phi) is 7.81. The molecule has 6 nitrogen and oxygen atoms in total. The van der Waals surface area contributed by atoms with E-state index in [-0.39, 0.29) is 29.0 Å². The second-order valence-corrected chi connectivity index (χ2v) is 8.40. The highest BCUT2D eigenvalue weighted by atomic mass is 32.2.